The second kappa shape index (κ2) is 5.17. The van der Waals surface area contributed by atoms with E-state index in [9.17, 15) is 9.18 Å². The van der Waals surface area contributed by atoms with Crippen LogP contribution in [-0.2, 0) is 0 Å². The van der Waals surface area contributed by atoms with Gasteiger partial charge in [0.1, 0.15) is 5.82 Å². The maximum absolute atomic E-state index is 13.5. The van der Waals surface area contributed by atoms with Crippen LogP contribution >= 0.6 is 0 Å². The molecule has 0 saturated heterocycles. The standard InChI is InChI=1S/C12H13FN2O/c1-4-7-14-12(16)9-5-6-11(15(2)3)10(13)8-9/h1,5-6,8H,7H2,2-3H3,(H,14,16). The van der Waals surface area contributed by atoms with Crippen molar-refractivity contribution in [3.05, 3.63) is 29.6 Å². The summed E-state index contributed by atoms with van der Waals surface area (Å²) >= 11 is 0. The van der Waals surface area contributed by atoms with Crippen molar-refractivity contribution < 1.29 is 9.18 Å². The van der Waals surface area contributed by atoms with Crippen molar-refractivity contribution in [3.63, 3.8) is 0 Å². The summed E-state index contributed by atoms with van der Waals surface area (Å²) in [6, 6.07) is 4.31. The summed E-state index contributed by atoms with van der Waals surface area (Å²) < 4.78 is 13.5. The number of hydrogen-bond donors (Lipinski definition) is 1. The smallest absolute Gasteiger partial charge is 0.252 e. The largest absolute Gasteiger partial charge is 0.375 e. The van der Waals surface area contributed by atoms with E-state index < -0.39 is 5.82 Å². The third-order valence-corrected chi connectivity index (χ3v) is 2.04. The van der Waals surface area contributed by atoms with E-state index in [4.69, 9.17) is 6.42 Å². The van der Waals surface area contributed by atoms with Gasteiger partial charge in [-0.3, -0.25) is 4.79 Å². The van der Waals surface area contributed by atoms with E-state index in [0.29, 0.717) is 5.69 Å². The Hall–Kier alpha value is -2.02. The van der Waals surface area contributed by atoms with E-state index in [1.165, 1.54) is 6.07 Å². The van der Waals surface area contributed by atoms with Gasteiger partial charge in [0, 0.05) is 19.7 Å². The van der Waals surface area contributed by atoms with E-state index in [2.05, 4.69) is 11.2 Å². The molecule has 0 fully saturated rings. The topological polar surface area (TPSA) is 32.3 Å². The average Bonchev–Trinajstić information content (AvgIpc) is 2.25. The molecule has 1 rings (SSSR count). The van der Waals surface area contributed by atoms with Gasteiger partial charge in [-0.2, -0.15) is 0 Å². The molecular weight excluding hydrogens is 207 g/mol. The highest BCUT2D eigenvalue weighted by atomic mass is 19.1. The molecule has 0 bridgehead atoms. The first-order valence-electron chi connectivity index (χ1n) is 4.74. The third kappa shape index (κ3) is 2.74. The lowest BCUT2D eigenvalue weighted by atomic mass is 10.1. The number of carbonyl (C=O) groups excluding carboxylic acids is 1. The fraction of sp³-hybridized carbons (Fsp3) is 0.250. The summed E-state index contributed by atoms with van der Waals surface area (Å²) in [7, 11) is 3.47. The predicted octanol–water partition coefficient (Wildman–Crippen LogP) is 1.25. The quantitative estimate of drug-likeness (QED) is 0.778. The zero-order valence-corrected chi connectivity index (χ0v) is 9.25. The Kier molecular flexibility index (Phi) is 3.90. The number of nitrogens with zero attached hydrogens (tertiary/aromatic N) is 1. The molecule has 0 aliphatic heterocycles. The van der Waals surface area contributed by atoms with Crippen molar-refractivity contribution in [2.24, 2.45) is 0 Å². The van der Waals surface area contributed by atoms with Gasteiger partial charge in [-0.05, 0) is 18.2 Å². The summed E-state index contributed by atoms with van der Waals surface area (Å²) in [5.74, 6) is 1.47. The Balaban J connectivity index is 2.89. The number of terminal acetylenes is 1. The number of rotatable bonds is 3. The molecule has 1 aromatic rings. The van der Waals surface area contributed by atoms with Gasteiger partial charge in [-0.25, -0.2) is 4.39 Å². The molecule has 0 radical (unpaired) electrons. The van der Waals surface area contributed by atoms with Crippen molar-refractivity contribution in [3.8, 4) is 12.3 Å². The SMILES string of the molecule is C#CCNC(=O)c1ccc(N(C)C)c(F)c1. The lowest BCUT2D eigenvalue weighted by Gasteiger charge is -2.13. The molecule has 0 unspecified atom stereocenters. The minimum Gasteiger partial charge on any atom is -0.375 e. The molecule has 0 aliphatic rings. The highest BCUT2D eigenvalue weighted by Gasteiger charge is 2.09. The Labute approximate surface area is 94.3 Å². The summed E-state index contributed by atoms with van der Waals surface area (Å²) in [5, 5.41) is 2.47. The van der Waals surface area contributed by atoms with Gasteiger partial charge >= 0.3 is 0 Å². The van der Waals surface area contributed by atoms with Gasteiger partial charge in [0.25, 0.3) is 5.91 Å². The Morgan fingerprint density at radius 1 is 1.56 bits per heavy atom. The van der Waals surface area contributed by atoms with E-state index in [1.807, 2.05) is 0 Å². The van der Waals surface area contributed by atoms with Gasteiger partial charge in [0.15, 0.2) is 0 Å². The first kappa shape index (κ1) is 12.1. The van der Waals surface area contributed by atoms with Gasteiger partial charge in [0.2, 0.25) is 0 Å². The lowest BCUT2D eigenvalue weighted by molar-refractivity contribution is 0.0958. The molecule has 1 N–H and O–H groups in total. The highest BCUT2D eigenvalue weighted by Crippen LogP contribution is 2.18. The van der Waals surface area contributed by atoms with Crippen LogP contribution in [0.15, 0.2) is 18.2 Å². The van der Waals surface area contributed by atoms with Crippen LogP contribution in [0.1, 0.15) is 10.4 Å². The molecule has 1 aromatic carbocycles. The monoisotopic (exact) mass is 220 g/mol. The fourth-order valence-electron chi connectivity index (χ4n) is 1.24. The summed E-state index contributed by atoms with van der Waals surface area (Å²) in [6.45, 7) is 0.135. The minimum absolute atomic E-state index is 0.135. The van der Waals surface area contributed by atoms with E-state index in [1.54, 1.807) is 31.1 Å². The van der Waals surface area contributed by atoms with Crippen LogP contribution < -0.4 is 10.2 Å². The normalized spacial score (nSPS) is 9.38. The molecule has 0 atom stereocenters. The molecule has 0 heterocycles. The molecule has 3 nitrogen and oxygen atoms in total. The molecule has 84 valence electrons. The first-order chi connectivity index (χ1) is 7.56. The van der Waals surface area contributed by atoms with Crippen LogP contribution in [0.25, 0.3) is 0 Å². The molecule has 4 heteroatoms. The number of benzene rings is 1. The van der Waals surface area contributed by atoms with Gasteiger partial charge in [0.05, 0.1) is 12.2 Å². The molecule has 16 heavy (non-hydrogen) atoms. The molecule has 0 aliphatic carbocycles. The summed E-state index contributed by atoms with van der Waals surface area (Å²) in [6.07, 6.45) is 5.00. The number of carbonyl (C=O) groups is 1. The van der Waals surface area contributed by atoms with E-state index in [-0.39, 0.29) is 18.0 Å². The van der Waals surface area contributed by atoms with Gasteiger partial charge < -0.3 is 10.2 Å². The van der Waals surface area contributed by atoms with Gasteiger partial charge in [-0.15, -0.1) is 6.42 Å². The minimum atomic E-state index is -0.432. The molecule has 0 saturated carbocycles. The van der Waals surface area contributed by atoms with Crippen molar-refractivity contribution >= 4 is 11.6 Å². The van der Waals surface area contributed by atoms with Crippen LogP contribution in [0.3, 0.4) is 0 Å². The zero-order valence-electron chi connectivity index (χ0n) is 9.25. The van der Waals surface area contributed by atoms with Crippen molar-refractivity contribution in [1.82, 2.24) is 5.32 Å². The van der Waals surface area contributed by atoms with Crippen molar-refractivity contribution in [1.29, 1.82) is 0 Å². The van der Waals surface area contributed by atoms with Crippen molar-refractivity contribution in [2.75, 3.05) is 25.5 Å². The molecule has 0 spiro atoms. The summed E-state index contributed by atoms with van der Waals surface area (Å²) in [5.41, 5.74) is 0.701. The fourth-order valence-corrected chi connectivity index (χ4v) is 1.24. The second-order valence-electron chi connectivity index (χ2n) is 3.45. The Bertz CT molecular complexity index is 435. The highest BCUT2D eigenvalue weighted by molar-refractivity contribution is 5.94. The van der Waals surface area contributed by atoms with E-state index >= 15 is 0 Å². The number of nitrogens with one attached hydrogen (secondary N) is 1. The van der Waals surface area contributed by atoms with Crippen LogP contribution in [0.5, 0.6) is 0 Å². The zero-order chi connectivity index (χ0) is 12.1. The second-order valence-corrected chi connectivity index (χ2v) is 3.45. The van der Waals surface area contributed by atoms with Crippen LogP contribution in [0, 0.1) is 18.2 Å². The maximum atomic E-state index is 13.5. The average molecular weight is 220 g/mol. The van der Waals surface area contributed by atoms with E-state index in [0.717, 1.165) is 0 Å². The van der Waals surface area contributed by atoms with Crippen molar-refractivity contribution in [2.45, 2.75) is 0 Å². The Morgan fingerprint density at radius 2 is 2.25 bits per heavy atom. The molecule has 0 aromatic heterocycles. The lowest BCUT2D eigenvalue weighted by Crippen LogP contribution is -2.23. The number of hydrogen-bond acceptors (Lipinski definition) is 2. The summed E-state index contributed by atoms with van der Waals surface area (Å²) in [4.78, 5) is 13.1. The van der Waals surface area contributed by atoms with Crippen LogP contribution in [0.2, 0.25) is 0 Å². The first-order valence-corrected chi connectivity index (χ1v) is 4.74. The number of anilines is 1. The predicted molar refractivity (Wildman–Crippen MR) is 61.9 cm³/mol. The van der Waals surface area contributed by atoms with Crippen LogP contribution in [-0.4, -0.2) is 26.5 Å². The number of amides is 1. The van der Waals surface area contributed by atoms with Crippen LogP contribution in [0.4, 0.5) is 10.1 Å². The maximum Gasteiger partial charge on any atom is 0.252 e. The third-order valence-electron chi connectivity index (χ3n) is 2.04. The Morgan fingerprint density at radius 3 is 2.75 bits per heavy atom. The molecule has 1 amide bonds. The van der Waals surface area contributed by atoms with Gasteiger partial charge in [-0.1, -0.05) is 5.92 Å². The molecular formula is C12H13FN2O. The number of halogens is 1.